The van der Waals surface area contributed by atoms with Gasteiger partial charge in [-0.05, 0) is 61.0 Å². The number of aryl methyl sites for hydroxylation is 1. The molecule has 0 unspecified atom stereocenters. The molecule has 0 heterocycles. The monoisotopic (exact) mass is 384 g/mol. The second-order valence-electron chi connectivity index (χ2n) is 5.97. The number of halogens is 1. The van der Waals surface area contributed by atoms with Crippen LogP contribution in [0, 0.1) is 12.7 Å². The van der Waals surface area contributed by atoms with E-state index in [0.717, 1.165) is 11.6 Å². The first kappa shape index (κ1) is 18.6. The van der Waals surface area contributed by atoms with Crippen molar-refractivity contribution >= 4 is 27.3 Å². The first-order chi connectivity index (χ1) is 12.8. The van der Waals surface area contributed by atoms with Crippen LogP contribution < -0.4 is 10.0 Å². The van der Waals surface area contributed by atoms with Crippen LogP contribution in [0.3, 0.4) is 0 Å². The number of rotatable bonds is 5. The molecule has 0 aliphatic carbocycles. The second-order valence-corrected chi connectivity index (χ2v) is 7.65. The van der Waals surface area contributed by atoms with Crippen LogP contribution in [0.4, 0.5) is 15.8 Å². The first-order valence-electron chi connectivity index (χ1n) is 8.10. The number of carbonyl (C=O) groups is 1. The lowest BCUT2D eigenvalue weighted by Crippen LogP contribution is -2.16. The third-order valence-corrected chi connectivity index (χ3v) is 5.14. The zero-order chi connectivity index (χ0) is 19.4. The van der Waals surface area contributed by atoms with Crippen molar-refractivity contribution in [3.05, 3.63) is 89.7 Å². The summed E-state index contributed by atoms with van der Waals surface area (Å²) in [6.45, 7) is 1.90. The van der Waals surface area contributed by atoms with Crippen LogP contribution in [0.5, 0.6) is 0 Å². The molecule has 3 aromatic carbocycles. The Balaban J connectivity index is 1.82. The van der Waals surface area contributed by atoms with Crippen molar-refractivity contribution in [1.82, 2.24) is 0 Å². The van der Waals surface area contributed by atoms with E-state index in [0.29, 0.717) is 5.69 Å². The van der Waals surface area contributed by atoms with Gasteiger partial charge in [0.25, 0.3) is 15.9 Å². The lowest BCUT2D eigenvalue weighted by Gasteiger charge is -2.10. The molecule has 0 fully saturated rings. The highest BCUT2D eigenvalue weighted by Crippen LogP contribution is 2.19. The Bertz CT molecular complexity index is 1100. The van der Waals surface area contributed by atoms with Gasteiger partial charge in [0.05, 0.1) is 10.6 Å². The molecule has 138 valence electrons. The van der Waals surface area contributed by atoms with Crippen LogP contribution in [0.15, 0.2) is 77.7 Å². The van der Waals surface area contributed by atoms with Gasteiger partial charge in [-0.15, -0.1) is 0 Å². The van der Waals surface area contributed by atoms with Crippen molar-refractivity contribution < 1.29 is 17.6 Å². The largest absolute Gasteiger partial charge is 0.322 e. The Morgan fingerprint density at radius 3 is 2.33 bits per heavy atom. The molecule has 27 heavy (non-hydrogen) atoms. The van der Waals surface area contributed by atoms with E-state index in [-0.39, 0.29) is 16.1 Å². The molecule has 0 spiro atoms. The molecule has 1 amide bonds. The van der Waals surface area contributed by atoms with Gasteiger partial charge in [-0.1, -0.05) is 24.3 Å². The minimum absolute atomic E-state index is 0.0938. The molecule has 0 radical (unpaired) electrons. The fourth-order valence-corrected chi connectivity index (χ4v) is 3.59. The summed E-state index contributed by atoms with van der Waals surface area (Å²) < 4.78 is 40.6. The van der Waals surface area contributed by atoms with Gasteiger partial charge >= 0.3 is 0 Å². The van der Waals surface area contributed by atoms with E-state index in [1.807, 2.05) is 25.1 Å². The zero-order valence-electron chi connectivity index (χ0n) is 14.4. The number of benzene rings is 3. The Kier molecular flexibility index (Phi) is 5.23. The van der Waals surface area contributed by atoms with Gasteiger partial charge in [-0.25, -0.2) is 12.8 Å². The van der Waals surface area contributed by atoms with Gasteiger partial charge in [0.15, 0.2) is 0 Å². The van der Waals surface area contributed by atoms with Crippen molar-refractivity contribution in [1.29, 1.82) is 0 Å². The number of amides is 1. The summed E-state index contributed by atoms with van der Waals surface area (Å²) in [7, 11) is -3.96. The molecule has 0 bridgehead atoms. The molecule has 5 nitrogen and oxygen atoms in total. The van der Waals surface area contributed by atoms with E-state index in [1.54, 1.807) is 6.07 Å². The van der Waals surface area contributed by atoms with Crippen LogP contribution >= 0.6 is 0 Å². The van der Waals surface area contributed by atoms with E-state index in [2.05, 4.69) is 10.0 Å². The summed E-state index contributed by atoms with van der Waals surface area (Å²) >= 11 is 0. The standard InChI is InChI=1S/C20H17FN2O3S/c1-14-5-2-8-17(11-14)22-20(24)15-6-3-10-19(12-15)27(25,26)23-18-9-4-7-16(21)13-18/h2-13,23H,1H3,(H,22,24). The fourth-order valence-electron chi connectivity index (χ4n) is 2.50. The normalized spacial score (nSPS) is 11.0. The lowest BCUT2D eigenvalue weighted by atomic mass is 10.2. The van der Waals surface area contributed by atoms with Crippen LogP contribution in [-0.2, 0) is 10.0 Å². The lowest BCUT2D eigenvalue weighted by molar-refractivity contribution is 0.102. The molecular weight excluding hydrogens is 367 g/mol. The number of hydrogen-bond acceptors (Lipinski definition) is 3. The number of sulfonamides is 1. The molecule has 0 atom stereocenters. The van der Waals surface area contributed by atoms with Crippen molar-refractivity contribution in [3.63, 3.8) is 0 Å². The van der Waals surface area contributed by atoms with Crippen molar-refractivity contribution in [2.24, 2.45) is 0 Å². The van der Waals surface area contributed by atoms with E-state index in [4.69, 9.17) is 0 Å². The molecule has 0 aliphatic heterocycles. The highest BCUT2D eigenvalue weighted by atomic mass is 32.2. The summed E-state index contributed by atoms with van der Waals surface area (Å²) in [6.07, 6.45) is 0. The minimum atomic E-state index is -3.96. The topological polar surface area (TPSA) is 75.3 Å². The summed E-state index contributed by atoms with van der Waals surface area (Å²) in [5, 5.41) is 2.73. The number of carbonyl (C=O) groups excluding carboxylic acids is 1. The SMILES string of the molecule is Cc1cccc(NC(=O)c2cccc(S(=O)(=O)Nc3cccc(F)c3)c2)c1. The molecule has 3 aromatic rings. The summed E-state index contributed by atoms with van der Waals surface area (Å²) in [5.74, 6) is -0.982. The molecule has 0 aliphatic rings. The summed E-state index contributed by atoms with van der Waals surface area (Å²) in [4.78, 5) is 12.3. The number of nitrogens with one attached hydrogen (secondary N) is 2. The minimum Gasteiger partial charge on any atom is -0.322 e. The van der Waals surface area contributed by atoms with Crippen LogP contribution in [-0.4, -0.2) is 14.3 Å². The molecule has 3 rings (SSSR count). The van der Waals surface area contributed by atoms with Crippen molar-refractivity contribution in [2.45, 2.75) is 11.8 Å². The Labute approximate surface area is 156 Å². The molecular formula is C20H17FN2O3S. The Morgan fingerprint density at radius 1 is 0.889 bits per heavy atom. The number of hydrogen-bond donors (Lipinski definition) is 2. The van der Waals surface area contributed by atoms with Crippen LogP contribution in [0.1, 0.15) is 15.9 Å². The van der Waals surface area contributed by atoms with E-state index < -0.39 is 21.7 Å². The highest BCUT2D eigenvalue weighted by Gasteiger charge is 2.17. The maximum atomic E-state index is 13.3. The van der Waals surface area contributed by atoms with Crippen molar-refractivity contribution in [2.75, 3.05) is 10.0 Å². The predicted molar refractivity (Wildman–Crippen MR) is 103 cm³/mol. The van der Waals surface area contributed by atoms with Gasteiger partial charge in [0.2, 0.25) is 0 Å². The molecule has 2 N–H and O–H groups in total. The molecule has 0 aromatic heterocycles. The number of anilines is 2. The highest BCUT2D eigenvalue weighted by molar-refractivity contribution is 7.92. The fraction of sp³-hybridized carbons (Fsp3) is 0.0500. The zero-order valence-corrected chi connectivity index (χ0v) is 15.3. The van der Waals surface area contributed by atoms with Crippen molar-refractivity contribution in [3.8, 4) is 0 Å². The quantitative estimate of drug-likeness (QED) is 0.693. The van der Waals surface area contributed by atoms with E-state index in [1.165, 1.54) is 42.5 Å². The van der Waals surface area contributed by atoms with E-state index >= 15 is 0 Å². The molecule has 0 saturated heterocycles. The smallest absolute Gasteiger partial charge is 0.261 e. The summed E-state index contributed by atoms with van der Waals surface area (Å²) in [6, 6.07) is 18.0. The van der Waals surface area contributed by atoms with Gasteiger partial charge in [-0.3, -0.25) is 9.52 Å². The third kappa shape index (κ3) is 4.71. The van der Waals surface area contributed by atoms with Crippen LogP contribution in [0.25, 0.3) is 0 Å². The van der Waals surface area contributed by atoms with Gasteiger partial charge in [0, 0.05) is 11.3 Å². The Morgan fingerprint density at radius 2 is 1.59 bits per heavy atom. The average Bonchev–Trinajstić information content (AvgIpc) is 2.61. The summed E-state index contributed by atoms with van der Waals surface area (Å²) in [5.41, 5.74) is 1.90. The van der Waals surface area contributed by atoms with E-state index in [9.17, 15) is 17.6 Å². The Hall–Kier alpha value is -3.19. The average molecular weight is 384 g/mol. The maximum absolute atomic E-state index is 13.3. The van der Waals surface area contributed by atoms with Gasteiger partial charge < -0.3 is 5.32 Å². The van der Waals surface area contributed by atoms with Gasteiger partial charge in [-0.2, -0.15) is 0 Å². The maximum Gasteiger partial charge on any atom is 0.261 e. The molecule has 7 heteroatoms. The molecule has 0 saturated carbocycles. The predicted octanol–water partition coefficient (Wildman–Crippen LogP) is 4.19. The van der Waals surface area contributed by atoms with Gasteiger partial charge in [0.1, 0.15) is 5.82 Å². The first-order valence-corrected chi connectivity index (χ1v) is 9.58. The van der Waals surface area contributed by atoms with Crippen LogP contribution in [0.2, 0.25) is 0 Å². The second kappa shape index (κ2) is 7.59. The third-order valence-electron chi connectivity index (χ3n) is 3.76.